The van der Waals surface area contributed by atoms with Crippen molar-refractivity contribution in [3.8, 4) is 11.1 Å². The van der Waals surface area contributed by atoms with Crippen LogP contribution in [0.4, 0.5) is 0 Å². The van der Waals surface area contributed by atoms with Crippen molar-refractivity contribution >= 4 is 11.6 Å². The summed E-state index contributed by atoms with van der Waals surface area (Å²) in [5, 5.41) is 8.41. The Kier molecular flexibility index (Phi) is 4.04. The fraction of sp³-hybridized carbons (Fsp3) is 0.357. The van der Waals surface area contributed by atoms with Crippen LogP contribution in [0.5, 0.6) is 0 Å². The summed E-state index contributed by atoms with van der Waals surface area (Å²) in [5.74, 6) is 0. The summed E-state index contributed by atoms with van der Waals surface area (Å²) in [6.45, 7) is 5.91. The van der Waals surface area contributed by atoms with Crippen LogP contribution in [0.15, 0.2) is 24.4 Å². The highest BCUT2D eigenvalue weighted by Crippen LogP contribution is 2.28. The molecule has 0 bridgehead atoms. The van der Waals surface area contributed by atoms with Crippen molar-refractivity contribution in [2.45, 2.75) is 20.4 Å². The molecule has 0 radical (unpaired) electrons. The van der Waals surface area contributed by atoms with Gasteiger partial charge in [0.15, 0.2) is 0 Å². The molecule has 0 unspecified atom stereocenters. The van der Waals surface area contributed by atoms with Crippen LogP contribution >= 0.6 is 11.6 Å². The van der Waals surface area contributed by atoms with Gasteiger partial charge in [-0.3, -0.25) is 4.68 Å². The van der Waals surface area contributed by atoms with Gasteiger partial charge >= 0.3 is 0 Å². The lowest BCUT2D eigenvalue weighted by molar-refractivity contribution is 0.581. The lowest BCUT2D eigenvalue weighted by Crippen LogP contribution is -2.15. The molecule has 96 valence electrons. The summed E-state index contributed by atoms with van der Waals surface area (Å²) in [5.41, 5.74) is 4.58. The molecule has 1 heterocycles. The predicted octanol–water partition coefficient (Wildman–Crippen LogP) is 3.04. The molecular weight excluding hydrogens is 246 g/mol. The van der Waals surface area contributed by atoms with E-state index in [9.17, 15) is 0 Å². The molecule has 0 aliphatic rings. The van der Waals surface area contributed by atoms with Crippen LogP contribution in [0, 0.1) is 13.8 Å². The topological polar surface area (TPSA) is 29.9 Å². The zero-order valence-corrected chi connectivity index (χ0v) is 11.8. The monoisotopic (exact) mass is 263 g/mol. The molecule has 0 atom stereocenters. The maximum Gasteiger partial charge on any atom is 0.0672 e. The summed E-state index contributed by atoms with van der Waals surface area (Å²) >= 11 is 6.07. The minimum atomic E-state index is 0.762. The summed E-state index contributed by atoms with van der Waals surface area (Å²) in [6.07, 6.45) is 2.09. The number of hydrogen-bond donors (Lipinski definition) is 1. The zero-order valence-electron chi connectivity index (χ0n) is 11.0. The first-order valence-electron chi connectivity index (χ1n) is 6.07. The molecule has 0 aliphatic carbocycles. The van der Waals surface area contributed by atoms with Crippen LogP contribution in [-0.4, -0.2) is 23.4 Å². The Morgan fingerprint density at radius 1 is 1.28 bits per heavy atom. The number of hydrogen-bond acceptors (Lipinski definition) is 2. The number of aromatic nitrogens is 2. The first-order chi connectivity index (χ1) is 8.61. The molecule has 0 fully saturated rings. The predicted molar refractivity (Wildman–Crippen MR) is 76.1 cm³/mol. The first-order valence-corrected chi connectivity index (χ1v) is 6.45. The molecule has 0 spiro atoms. The molecule has 1 N–H and O–H groups in total. The number of benzene rings is 1. The molecule has 2 aromatic rings. The van der Waals surface area contributed by atoms with E-state index in [1.165, 1.54) is 5.56 Å². The molecule has 2 rings (SSSR count). The van der Waals surface area contributed by atoms with E-state index in [0.29, 0.717) is 0 Å². The minimum Gasteiger partial charge on any atom is -0.318 e. The Morgan fingerprint density at radius 2 is 2.06 bits per heavy atom. The molecule has 3 nitrogen and oxygen atoms in total. The van der Waals surface area contributed by atoms with Crippen LogP contribution < -0.4 is 5.32 Å². The van der Waals surface area contributed by atoms with Crippen molar-refractivity contribution in [2.75, 3.05) is 13.6 Å². The lowest BCUT2D eigenvalue weighted by atomic mass is 10.0. The Morgan fingerprint density at radius 3 is 2.78 bits per heavy atom. The van der Waals surface area contributed by atoms with E-state index in [0.717, 1.165) is 34.9 Å². The first kappa shape index (κ1) is 13.1. The van der Waals surface area contributed by atoms with Gasteiger partial charge in [-0.25, -0.2) is 0 Å². The van der Waals surface area contributed by atoms with Gasteiger partial charge in [-0.05, 0) is 44.2 Å². The average molecular weight is 264 g/mol. The van der Waals surface area contributed by atoms with Crippen LogP contribution in [-0.2, 0) is 6.54 Å². The van der Waals surface area contributed by atoms with E-state index in [2.05, 4.69) is 23.5 Å². The molecule has 18 heavy (non-hydrogen) atoms. The number of aryl methyl sites for hydroxylation is 2. The Balaban J connectivity index is 2.38. The third kappa shape index (κ3) is 2.74. The van der Waals surface area contributed by atoms with Gasteiger partial charge in [-0.15, -0.1) is 0 Å². The molecule has 4 heteroatoms. The standard InChI is InChI=1S/C14H18ClN3/c1-10-4-5-12(15)8-13(10)14-9-18(7-6-16-3)17-11(14)2/h4-5,8-9,16H,6-7H2,1-3H3. The van der Waals surface area contributed by atoms with E-state index in [1.54, 1.807) is 0 Å². The number of nitrogens with zero attached hydrogens (tertiary/aromatic N) is 2. The molecule has 0 saturated carbocycles. The van der Waals surface area contributed by atoms with Crippen LogP contribution in [0.1, 0.15) is 11.3 Å². The fourth-order valence-electron chi connectivity index (χ4n) is 2.01. The summed E-state index contributed by atoms with van der Waals surface area (Å²) in [4.78, 5) is 0. The van der Waals surface area contributed by atoms with Gasteiger partial charge in [0.25, 0.3) is 0 Å². The second kappa shape index (κ2) is 5.55. The second-order valence-electron chi connectivity index (χ2n) is 4.45. The van der Waals surface area contributed by atoms with Gasteiger partial charge in [0.1, 0.15) is 0 Å². The van der Waals surface area contributed by atoms with E-state index in [1.807, 2.05) is 36.9 Å². The van der Waals surface area contributed by atoms with Gasteiger partial charge in [0.2, 0.25) is 0 Å². The highest BCUT2D eigenvalue weighted by atomic mass is 35.5. The lowest BCUT2D eigenvalue weighted by Gasteiger charge is -2.04. The Bertz CT molecular complexity index is 546. The van der Waals surface area contributed by atoms with E-state index < -0.39 is 0 Å². The number of nitrogens with one attached hydrogen (secondary N) is 1. The van der Waals surface area contributed by atoms with Crippen molar-refractivity contribution in [1.29, 1.82) is 0 Å². The van der Waals surface area contributed by atoms with Crippen molar-refractivity contribution in [2.24, 2.45) is 0 Å². The number of likely N-dealkylation sites (N-methyl/N-ethyl adjacent to an activating group) is 1. The summed E-state index contributed by atoms with van der Waals surface area (Å²) < 4.78 is 1.97. The van der Waals surface area contributed by atoms with Crippen molar-refractivity contribution in [3.63, 3.8) is 0 Å². The molecule has 0 aliphatic heterocycles. The minimum absolute atomic E-state index is 0.762. The average Bonchev–Trinajstić information content (AvgIpc) is 2.71. The molecule has 0 saturated heterocycles. The fourth-order valence-corrected chi connectivity index (χ4v) is 2.18. The van der Waals surface area contributed by atoms with E-state index in [4.69, 9.17) is 11.6 Å². The largest absolute Gasteiger partial charge is 0.318 e. The molecular formula is C14H18ClN3. The third-order valence-corrected chi connectivity index (χ3v) is 3.26. The van der Waals surface area contributed by atoms with Gasteiger partial charge in [0, 0.05) is 23.3 Å². The number of halogens is 1. The highest BCUT2D eigenvalue weighted by Gasteiger charge is 2.10. The van der Waals surface area contributed by atoms with Gasteiger partial charge in [-0.2, -0.15) is 5.10 Å². The smallest absolute Gasteiger partial charge is 0.0672 e. The summed E-state index contributed by atoms with van der Waals surface area (Å²) in [7, 11) is 1.94. The summed E-state index contributed by atoms with van der Waals surface area (Å²) in [6, 6.07) is 5.96. The third-order valence-electron chi connectivity index (χ3n) is 3.03. The van der Waals surface area contributed by atoms with Gasteiger partial charge in [0.05, 0.1) is 12.2 Å². The van der Waals surface area contributed by atoms with Crippen LogP contribution in [0.3, 0.4) is 0 Å². The Labute approximate surface area is 113 Å². The second-order valence-corrected chi connectivity index (χ2v) is 4.89. The number of rotatable bonds is 4. The Hall–Kier alpha value is -1.32. The van der Waals surface area contributed by atoms with Gasteiger partial charge < -0.3 is 5.32 Å². The highest BCUT2D eigenvalue weighted by molar-refractivity contribution is 6.30. The van der Waals surface area contributed by atoms with E-state index >= 15 is 0 Å². The molecule has 1 aromatic heterocycles. The maximum atomic E-state index is 6.07. The molecule has 0 amide bonds. The van der Waals surface area contributed by atoms with Crippen molar-refractivity contribution < 1.29 is 0 Å². The van der Waals surface area contributed by atoms with Crippen molar-refractivity contribution in [3.05, 3.63) is 40.7 Å². The van der Waals surface area contributed by atoms with Crippen LogP contribution in [0.25, 0.3) is 11.1 Å². The normalized spacial score (nSPS) is 10.9. The van der Waals surface area contributed by atoms with Gasteiger partial charge in [-0.1, -0.05) is 17.7 Å². The molecule has 1 aromatic carbocycles. The zero-order chi connectivity index (χ0) is 13.1. The maximum absolute atomic E-state index is 6.07. The van der Waals surface area contributed by atoms with E-state index in [-0.39, 0.29) is 0 Å². The SMILES string of the molecule is CNCCn1cc(-c2cc(Cl)ccc2C)c(C)n1. The quantitative estimate of drug-likeness (QED) is 0.919. The van der Waals surface area contributed by atoms with Crippen molar-refractivity contribution in [1.82, 2.24) is 15.1 Å². The van der Waals surface area contributed by atoms with Crippen LogP contribution in [0.2, 0.25) is 5.02 Å².